The van der Waals surface area contributed by atoms with Gasteiger partial charge in [0.25, 0.3) is 0 Å². The van der Waals surface area contributed by atoms with Crippen molar-refractivity contribution in [3.05, 3.63) is 36.5 Å². The third kappa shape index (κ3) is 6.73. The topological polar surface area (TPSA) is 190 Å². The Morgan fingerprint density at radius 1 is 1.26 bits per heavy atom. The summed E-state index contributed by atoms with van der Waals surface area (Å²) >= 11 is 0. The van der Waals surface area contributed by atoms with Gasteiger partial charge in [-0.1, -0.05) is 18.2 Å². The molecule has 13 heteroatoms. The molecule has 0 unspecified atom stereocenters. The summed E-state index contributed by atoms with van der Waals surface area (Å²) in [6.45, 7) is 0.124. The van der Waals surface area contributed by atoms with E-state index in [1.54, 1.807) is 24.3 Å². The molecular weight excluding hydrogens is 474 g/mol. The molecule has 1 fully saturated rings. The number of hydrogen-bond acceptors (Lipinski definition) is 7. The standard InChI is InChI=1S/C22H29N7O5S/c23-22(24)26-11-3-7-16(14-30)28-21(32)17-8-4-12-29(17)19(31)13-27-35(33,34)18-9-1-5-15-6-2-10-25-20(15)18/h1-2,5-6,9-10,14,16-17,27H,3-4,7-8,11-13H2,(H,28,32)(H4,23,24,26)/t16-,17-/m0/s1. The van der Waals surface area contributed by atoms with E-state index < -0.39 is 40.5 Å². The van der Waals surface area contributed by atoms with Crippen LogP contribution in [0.15, 0.2) is 46.4 Å². The molecule has 12 nitrogen and oxygen atoms in total. The van der Waals surface area contributed by atoms with Gasteiger partial charge in [0.05, 0.1) is 18.1 Å². The number of benzene rings is 1. The Balaban J connectivity index is 1.60. The maximum atomic E-state index is 12.9. The first kappa shape index (κ1) is 26.0. The van der Waals surface area contributed by atoms with Crippen molar-refractivity contribution in [1.29, 1.82) is 0 Å². The molecule has 6 N–H and O–H groups in total. The Bertz CT molecular complexity index is 1210. The molecular formula is C22H29N7O5S. The largest absolute Gasteiger partial charge is 0.370 e. The molecule has 188 valence electrons. The first-order chi connectivity index (χ1) is 16.7. The Labute approximate surface area is 203 Å². The van der Waals surface area contributed by atoms with E-state index >= 15 is 0 Å². The molecule has 0 spiro atoms. The van der Waals surface area contributed by atoms with Crippen LogP contribution in [-0.4, -0.2) is 74.1 Å². The molecule has 0 saturated carbocycles. The van der Waals surface area contributed by atoms with Crippen molar-refractivity contribution in [2.75, 3.05) is 19.6 Å². The van der Waals surface area contributed by atoms with Crippen molar-refractivity contribution in [1.82, 2.24) is 19.9 Å². The second kappa shape index (κ2) is 11.7. The molecule has 0 aliphatic carbocycles. The lowest BCUT2D eigenvalue weighted by Crippen LogP contribution is -2.51. The van der Waals surface area contributed by atoms with Gasteiger partial charge in [0.2, 0.25) is 21.8 Å². The average molecular weight is 504 g/mol. The summed E-state index contributed by atoms with van der Waals surface area (Å²) in [5, 5.41) is 3.29. The molecule has 1 aliphatic heterocycles. The van der Waals surface area contributed by atoms with E-state index in [0.717, 1.165) is 0 Å². The van der Waals surface area contributed by atoms with Crippen molar-refractivity contribution in [3.8, 4) is 0 Å². The Morgan fingerprint density at radius 3 is 2.77 bits per heavy atom. The van der Waals surface area contributed by atoms with Crippen molar-refractivity contribution in [3.63, 3.8) is 0 Å². The number of likely N-dealkylation sites (tertiary alicyclic amines) is 1. The van der Waals surface area contributed by atoms with Crippen LogP contribution in [-0.2, 0) is 24.4 Å². The number of carbonyl (C=O) groups is 3. The molecule has 0 radical (unpaired) electrons. The zero-order valence-electron chi connectivity index (χ0n) is 19.1. The monoisotopic (exact) mass is 503 g/mol. The summed E-state index contributed by atoms with van der Waals surface area (Å²) in [6.07, 6.45) is 3.94. The lowest BCUT2D eigenvalue weighted by molar-refractivity contribution is -0.138. The maximum Gasteiger partial charge on any atom is 0.243 e. The van der Waals surface area contributed by atoms with Gasteiger partial charge < -0.3 is 26.5 Å². The van der Waals surface area contributed by atoms with Gasteiger partial charge in [0.1, 0.15) is 17.2 Å². The Morgan fingerprint density at radius 2 is 2.03 bits per heavy atom. The van der Waals surface area contributed by atoms with Crippen molar-refractivity contribution in [2.24, 2.45) is 16.5 Å². The van der Waals surface area contributed by atoms with Crippen LogP contribution < -0.4 is 21.5 Å². The molecule has 1 aliphatic rings. The smallest absolute Gasteiger partial charge is 0.243 e. The summed E-state index contributed by atoms with van der Waals surface area (Å²) in [5.74, 6) is -1.05. The molecule has 2 atom stereocenters. The lowest BCUT2D eigenvalue weighted by atomic mass is 10.1. The van der Waals surface area contributed by atoms with E-state index in [-0.39, 0.29) is 10.9 Å². The van der Waals surface area contributed by atoms with Crippen LogP contribution in [0.4, 0.5) is 0 Å². The molecule has 3 rings (SSSR count). The zero-order chi connectivity index (χ0) is 25.4. The number of pyridine rings is 1. The van der Waals surface area contributed by atoms with E-state index in [0.29, 0.717) is 56.0 Å². The van der Waals surface area contributed by atoms with Gasteiger partial charge in [-0.25, -0.2) is 13.1 Å². The van der Waals surface area contributed by atoms with E-state index in [1.165, 1.54) is 17.2 Å². The highest BCUT2D eigenvalue weighted by Gasteiger charge is 2.35. The van der Waals surface area contributed by atoms with E-state index in [9.17, 15) is 22.8 Å². The minimum absolute atomic E-state index is 0.0336. The fourth-order valence-corrected chi connectivity index (χ4v) is 5.09. The number of hydrogen-bond donors (Lipinski definition) is 4. The number of amides is 2. The lowest BCUT2D eigenvalue weighted by Gasteiger charge is -2.25. The minimum atomic E-state index is -4.03. The van der Waals surface area contributed by atoms with Gasteiger partial charge in [-0.05, 0) is 37.8 Å². The predicted molar refractivity (Wildman–Crippen MR) is 130 cm³/mol. The Hall–Kier alpha value is -3.58. The van der Waals surface area contributed by atoms with Gasteiger partial charge >= 0.3 is 0 Å². The number of carbonyl (C=O) groups excluding carboxylic acids is 3. The normalized spacial score (nSPS) is 16.6. The third-order valence-electron chi connectivity index (χ3n) is 5.63. The Kier molecular flexibility index (Phi) is 8.71. The first-order valence-electron chi connectivity index (χ1n) is 11.2. The highest BCUT2D eigenvalue weighted by Crippen LogP contribution is 2.21. The molecule has 1 saturated heterocycles. The highest BCUT2D eigenvalue weighted by molar-refractivity contribution is 7.89. The number of guanidine groups is 1. The number of aliphatic imine (C=N–C) groups is 1. The number of aromatic nitrogens is 1. The quantitative estimate of drug-likeness (QED) is 0.133. The summed E-state index contributed by atoms with van der Waals surface area (Å²) < 4.78 is 28.1. The van der Waals surface area contributed by atoms with Gasteiger partial charge in [0, 0.05) is 24.7 Å². The minimum Gasteiger partial charge on any atom is -0.370 e. The fraction of sp³-hybridized carbons (Fsp3) is 0.409. The molecule has 1 aromatic carbocycles. The zero-order valence-corrected chi connectivity index (χ0v) is 19.9. The number of para-hydroxylation sites is 1. The summed E-state index contributed by atoms with van der Waals surface area (Å²) in [5.41, 5.74) is 10.8. The summed E-state index contributed by atoms with van der Waals surface area (Å²) in [6, 6.07) is 6.68. The predicted octanol–water partition coefficient (Wildman–Crippen LogP) is -0.759. The molecule has 2 aromatic rings. The number of aldehydes is 1. The summed E-state index contributed by atoms with van der Waals surface area (Å²) in [7, 11) is -4.03. The van der Waals surface area contributed by atoms with Crippen LogP contribution in [0.3, 0.4) is 0 Å². The van der Waals surface area contributed by atoms with E-state index in [2.05, 4.69) is 20.0 Å². The molecule has 2 heterocycles. The highest BCUT2D eigenvalue weighted by atomic mass is 32.2. The maximum absolute atomic E-state index is 12.9. The average Bonchev–Trinajstić information content (AvgIpc) is 3.34. The molecule has 35 heavy (non-hydrogen) atoms. The van der Waals surface area contributed by atoms with E-state index in [4.69, 9.17) is 11.5 Å². The van der Waals surface area contributed by atoms with E-state index in [1.807, 2.05) is 0 Å². The van der Waals surface area contributed by atoms with Gasteiger partial charge in [-0.2, -0.15) is 0 Å². The van der Waals surface area contributed by atoms with Gasteiger partial charge in [-0.15, -0.1) is 0 Å². The van der Waals surface area contributed by atoms with Gasteiger partial charge in [-0.3, -0.25) is 19.6 Å². The molecule has 1 aromatic heterocycles. The number of nitrogens with one attached hydrogen (secondary N) is 2. The summed E-state index contributed by atoms with van der Waals surface area (Å²) in [4.78, 5) is 46.2. The second-order valence-electron chi connectivity index (χ2n) is 8.10. The number of fused-ring (bicyclic) bond motifs is 1. The number of rotatable bonds is 11. The molecule has 2 amide bonds. The van der Waals surface area contributed by atoms with Crippen LogP contribution in [0.1, 0.15) is 25.7 Å². The number of nitrogens with zero attached hydrogens (tertiary/aromatic N) is 3. The number of nitrogens with two attached hydrogens (primary N) is 2. The molecule has 0 bridgehead atoms. The van der Waals surface area contributed by atoms with Crippen molar-refractivity contribution in [2.45, 2.75) is 42.7 Å². The van der Waals surface area contributed by atoms with Crippen molar-refractivity contribution >= 4 is 45.0 Å². The van der Waals surface area contributed by atoms with Crippen LogP contribution >= 0.6 is 0 Å². The van der Waals surface area contributed by atoms with Gasteiger partial charge in [0.15, 0.2) is 5.96 Å². The van der Waals surface area contributed by atoms with Crippen molar-refractivity contribution < 1.29 is 22.8 Å². The van der Waals surface area contributed by atoms with Crippen LogP contribution in [0.25, 0.3) is 10.9 Å². The fourth-order valence-electron chi connectivity index (χ4n) is 3.94. The second-order valence-corrected chi connectivity index (χ2v) is 9.84. The van der Waals surface area contributed by atoms with Crippen LogP contribution in [0, 0.1) is 0 Å². The number of sulfonamides is 1. The van der Waals surface area contributed by atoms with Crippen LogP contribution in [0.5, 0.6) is 0 Å². The third-order valence-corrected chi connectivity index (χ3v) is 7.07. The van der Waals surface area contributed by atoms with Crippen LogP contribution in [0.2, 0.25) is 0 Å². The SMILES string of the molecule is NC(N)=NCCC[C@@H](C=O)NC(=O)[C@@H]1CCCN1C(=O)CNS(=O)(=O)c1cccc2cccnc12. The first-order valence-corrected chi connectivity index (χ1v) is 12.6.